The summed E-state index contributed by atoms with van der Waals surface area (Å²) in [4.78, 5) is 238. The molecule has 3 aromatic carbocycles. The van der Waals surface area contributed by atoms with Gasteiger partial charge in [0.05, 0.1) is 22.5 Å². The zero-order valence-corrected chi connectivity index (χ0v) is 77.5. The molecule has 14 amide bonds. The number of carbonyl (C=O) groups is 15. The van der Waals surface area contributed by atoms with Crippen molar-refractivity contribution in [3.05, 3.63) is 138 Å². The Balaban J connectivity index is 1.29. The van der Waals surface area contributed by atoms with Crippen LogP contribution in [-0.2, 0) is 104 Å². The van der Waals surface area contributed by atoms with Crippen LogP contribution in [0, 0.1) is 35.5 Å². The van der Waals surface area contributed by atoms with Crippen molar-refractivity contribution in [2.45, 2.75) is 249 Å². The Labute approximate surface area is 763 Å². The summed E-state index contributed by atoms with van der Waals surface area (Å²) in [5, 5.41) is 60.0. The Morgan fingerprint density at radius 3 is 1.26 bits per heavy atom. The van der Waals surface area contributed by atoms with Gasteiger partial charge in [-0.15, -0.1) is 11.8 Å². The molecule has 6 aromatic rings. The fourth-order valence-corrected chi connectivity index (χ4v) is 16.2. The lowest BCUT2D eigenvalue weighted by Crippen LogP contribution is -2.63. The Morgan fingerprint density at radius 1 is 0.422 bits per heavy atom. The molecule has 0 unspecified atom stereocenters. The number of phenolic OH excluding ortho intramolecular Hbond substituents is 1. The normalized spacial score (nSPS) is 24.6. The molecular formula is C89H127IN20O17S. The first-order valence-corrected chi connectivity index (χ1v) is 46.0. The van der Waals surface area contributed by atoms with E-state index in [2.05, 4.69) is 99.4 Å². The van der Waals surface area contributed by atoms with E-state index in [1.54, 1.807) is 144 Å². The molecule has 0 aliphatic carbocycles. The minimum absolute atomic E-state index is 0.0714. The number of hydrogen-bond acceptors (Lipinski definition) is 20. The van der Waals surface area contributed by atoms with Gasteiger partial charge in [0.25, 0.3) is 0 Å². The number of aliphatic carboxylic acids is 1. The molecule has 1 aliphatic rings. The molecule has 0 spiro atoms. The standard InChI is InChI=1S/C89H127IN20O17S/c1-13-50(10)74-87(125)102-65(37-55-40-94-60-26-20-19-25-59(55)60)83(121)105-71(47(4)5)85(123)103-66(38-56-41-92-45-95-56)79(117)101-67(39-57-42-93-46-96-57)80(118)104-68(90)43-128-44-69(112)97-63(36-54-28-30-58(111)31-29-54)81(119)109-75(51(11)14-2)89(127)110-76(52(12)15-3)88(126)107-73(49(8)9)86(124)106-72(48(6)7)84(122)99-62(32-33-70(113)114)78(116)98-61(27-21-22-34-91)77(115)100-64(82(120)108-74)35-53-23-17-16-18-24-53/h16-20,23-26,28-31,40-42,45-52,61-68,71-76,94,111H,13-15,21-22,27,32-39,43-44,91H2,1-12H3,(H,92,95)(H,93,96)(H,97,112)(H,98,116)(H,99,122)(H,100,115)(H,101,117)(H,102,125)(H,103,123)(H,104,118)(H,105,121)(H,106,124)(H,107,126)(H,108,120)(H,109,119)(H,110,127)(H,113,114)/t50-,51-,52-,61-,62-,63+,64-,65-,66-,67-,68-,71-,72-,73-,74-,75-,76-/m0/s1. The van der Waals surface area contributed by atoms with Gasteiger partial charge in [-0.3, -0.25) is 71.9 Å². The van der Waals surface area contributed by atoms with Crippen LogP contribution in [0.4, 0.5) is 0 Å². The van der Waals surface area contributed by atoms with Crippen molar-refractivity contribution in [2.75, 3.05) is 18.1 Å². The Morgan fingerprint density at radius 2 is 0.789 bits per heavy atom. The number of aromatic nitrogens is 5. The molecule has 4 heterocycles. The number of H-pyrrole nitrogens is 3. The van der Waals surface area contributed by atoms with Crippen LogP contribution in [0.5, 0.6) is 5.75 Å². The van der Waals surface area contributed by atoms with E-state index in [0.29, 0.717) is 58.2 Å². The highest BCUT2D eigenvalue weighted by Crippen LogP contribution is 2.24. The van der Waals surface area contributed by atoms with E-state index in [9.17, 15) is 58.2 Å². The third kappa shape index (κ3) is 32.1. The Hall–Kier alpha value is -11.5. The van der Waals surface area contributed by atoms with Gasteiger partial charge in [0, 0.05) is 85.2 Å². The monoisotopic (exact) mass is 1910 g/mol. The number of carboxylic acid groups (broad SMARTS) is 1. The lowest BCUT2D eigenvalue weighted by Gasteiger charge is -2.32. The van der Waals surface area contributed by atoms with Crippen LogP contribution < -0.4 is 80.2 Å². The topological polar surface area (TPSA) is 564 Å². The molecule has 37 nitrogen and oxygen atoms in total. The number of thioether (sulfide) groups is 1. The van der Waals surface area contributed by atoms with Gasteiger partial charge in [-0.2, -0.15) is 0 Å². The summed E-state index contributed by atoms with van der Waals surface area (Å²) >= 11 is 3.05. The van der Waals surface area contributed by atoms with Crippen molar-refractivity contribution in [1.82, 2.24) is 99.4 Å². The van der Waals surface area contributed by atoms with Gasteiger partial charge in [0.2, 0.25) is 82.7 Å². The number of aromatic hydroxyl groups is 1. The van der Waals surface area contributed by atoms with E-state index in [1.165, 1.54) is 37.2 Å². The second-order valence-corrected chi connectivity index (χ2v) is 36.2. The minimum Gasteiger partial charge on any atom is -0.508 e. The highest BCUT2D eigenvalue weighted by atomic mass is 127. The van der Waals surface area contributed by atoms with E-state index >= 15 is 24.0 Å². The number of nitrogens with zero attached hydrogens (tertiary/aromatic N) is 2. The molecule has 3 aromatic heterocycles. The largest absolute Gasteiger partial charge is 0.508 e. The molecule has 0 radical (unpaired) electrons. The number of nitrogens with one attached hydrogen (secondary N) is 17. The smallest absolute Gasteiger partial charge is 0.303 e. The fraction of sp³-hybridized carbons (Fsp3) is 0.539. The second kappa shape index (κ2) is 51.5. The molecular weight excluding hydrogens is 1780 g/mol. The lowest BCUT2D eigenvalue weighted by atomic mass is 9.93. The molecule has 1 saturated heterocycles. The fourth-order valence-electron chi connectivity index (χ4n) is 14.4. The first-order valence-electron chi connectivity index (χ1n) is 43.6. The third-order valence-corrected chi connectivity index (χ3v) is 25.1. The van der Waals surface area contributed by atoms with Gasteiger partial charge < -0.3 is 105 Å². The number of para-hydroxylation sites is 1. The molecule has 39 heteroatoms. The number of alkyl halides is 1. The predicted molar refractivity (Wildman–Crippen MR) is 490 cm³/mol. The number of hydrogen-bond donors (Lipinski definition) is 20. The van der Waals surface area contributed by atoms with E-state index in [0.717, 1.165) is 11.8 Å². The summed E-state index contributed by atoms with van der Waals surface area (Å²) in [6, 6.07) is 2.96. The maximum atomic E-state index is 15.4. The number of imidazole rings is 2. The summed E-state index contributed by atoms with van der Waals surface area (Å²) in [7, 11) is 0. The lowest BCUT2D eigenvalue weighted by molar-refractivity contribution is -0.139. The van der Waals surface area contributed by atoms with Crippen LogP contribution in [-0.4, -0.2) is 224 Å². The van der Waals surface area contributed by atoms with Crippen molar-refractivity contribution in [3.63, 3.8) is 0 Å². The van der Waals surface area contributed by atoms with E-state index < -0.39 is 220 Å². The van der Waals surface area contributed by atoms with Crippen LogP contribution in [0.1, 0.15) is 163 Å². The maximum absolute atomic E-state index is 15.4. The molecule has 128 heavy (non-hydrogen) atoms. The molecule has 698 valence electrons. The van der Waals surface area contributed by atoms with Crippen LogP contribution in [0.15, 0.2) is 110 Å². The number of phenols is 1. The number of benzene rings is 3. The Kier molecular flexibility index (Phi) is 41.7. The second-order valence-electron chi connectivity index (χ2n) is 33.7. The van der Waals surface area contributed by atoms with E-state index in [1.807, 2.05) is 34.7 Å². The number of nitrogens with two attached hydrogens (primary N) is 1. The molecule has 1 aliphatic heterocycles. The number of rotatable bonds is 26. The molecule has 1 fully saturated rings. The van der Waals surface area contributed by atoms with Crippen molar-refractivity contribution in [2.24, 2.45) is 41.2 Å². The average Bonchev–Trinajstić information content (AvgIpc) is 1.61. The molecule has 7 rings (SSSR count). The highest BCUT2D eigenvalue weighted by Gasteiger charge is 2.42. The van der Waals surface area contributed by atoms with Gasteiger partial charge in [-0.1, -0.05) is 186 Å². The first-order chi connectivity index (χ1) is 60.9. The summed E-state index contributed by atoms with van der Waals surface area (Å²) in [6.45, 7) is 20.3. The SMILES string of the molecule is CC[C@H](C)[C@@H]1NC(=O)[C@H](Cc2ccccc2)NC(=O)[C@H](CCCCN)NC(=O)[C@H](CCC(=O)O)NC(=O)[C@H](C(C)C)NC(=O)[C@H](C(C)C)NC(=O)[C@H]([C@@H](C)CC)NC(=O)[C@H]([C@@H](C)CC)NC(=O)[C@@H](Cc2ccc(O)cc2)NC(=O)CSC[C@@H](I)NC(=O)[C@H](Cc2cnc[nH]2)NC(=O)[C@H](Cc2cnc[nH]2)NC(=O)[C@H](C(C)C)NC(=O)[C@H](Cc2c[nH]c3ccccc23)NC1=O. The van der Waals surface area contributed by atoms with Crippen LogP contribution in [0.25, 0.3) is 10.9 Å². The molecule has 17 atom stereocenters. The molecule has 21 N–H and O–H groups in total. The Bertz CT molecular complexity index is 4690. The van der Waals surface area contributed by atoms with Crippen LogP contribution >= 0.6 is 34.4 Å². The average molecular weight is 1910 g/mol. The highest BCUT2D eigenvalue weighted by molar-refractivity contribution is 14.1. The summed E-state index contributed by atoms with van der Waals surface area (Å²) < 4.78 is -0.722. The van der Waals surface area contributed by atoms with E-state index in [4.69, 9.17) is 5.73 Å². The van der Waals surface area contributed by atoms with E-state index in [-0.39, 0.29) is 75.2 Å². The first kappa shape index (κ1) is 104. The number of carboxylic acids is 1. The van der Waals surface area contributed by atoms with Gasteiger partial charge in [0.15, 0.2) is 0 Å². The number of carbonyl (C=O) groups excluding carboxylic acids is 14. The number of amides is 14. The van der Waals surface area contributed by atoms with Crippen molar-refractivity contribution in [1.29, 1.82) is 0 Å². The molecule has 0 saturated carbocycles. The number of unbranched alkanes of at least 4 members (excludes halogenated alkanes) is 1. The van der Waals surface area contributed by atoms with Gasteiger partial charge in [-0.25, -0.2) is 9.97 Å². The van der Waals surface area contributed by atoms with Gasteiger partial charge in [0.1, 0.15) is 84.3 Å². The number of aromatic amines is 3. The summed E-state index contributed by atoms with van der Waals surface area (Å²) in [5.74, 6) is -17.3. The molecule has 0 bridgehead atoms. The zero-order valence-electron chi connectivity index (χ0n) is 74.5. The minimum atomic E-state index is -1.69. The quantitative estimate of drug-likeness (QED) is 0.0161. The van der Waals surface area contributed by atoms with Gasteiger partial charge in [-0.05, 0) is 103 Å². The summed E-state index contributed by atoms with van der Waals surface area (Å²) in [5.41, 5.74) is 9.09. The summed E-state index contributed by atoms with van der Waals surface area (Å²) in [6.07, 6.45) is 6.64. The predicted octanol–water partition coefficient (Wildman–Crippen LogP) is 2.86. The van der Waals surface area contributed by atoms with Crippen molar-refractivity contribution in [3.8, 4) is 5.75 Å². The van der Waals surface area contributed by atoms with Crippen LogP contribution in [0.2, 0.25) is 0 Å². The van der Waals surface area contributed by atoms with Gasteiger partial charge >= 0.3 is 5.97 Å². The third-order valence-electron chi connectivity index (χ3n) is 22.7. The van der Waals surface area contributed by atoms with Crippen molar-refractivity contribution >= 4 is 134 Å². The number of halogens is 1. The zero-order chi connectivity index (χ0) is 94.0. The van der Waals surface area contributed by atoms with Crippen molar-refractivity contribution < 1.29 is 82.1 Å². The number of fused-ring (bicyclic) bond motifs is 1. The van der Waals surface area contributed by atoms with Crippen LogP contribution in [0.3, 0.4) is 0 Å². The maximum Gasteiger partial charge on any atom is 0.303 e.